The molecule has 5 nitrogen and oxygen atoms in total. The smallest absolute Gasteiger partial charge is 0.409 e. The number of nitrogens with zero attached hydrogens (tertiary/aromatic N) is 2. The number of aliphatic hydroxyl groups excluding tert-OH is 1. The molecular weight excluding hydrogens is 268 g/mol. The Morgan fingerprint density at radius 3 is 2.43 bits per heavy atom. The quantitative estimate of drug-likeness (QED) is 0.919. The van der Waals surface area contributed by atoms with Gasteiger partial charge in [0.25, 0.3) is 0 Å². The van der Waals surface area contributed by atoms with Crippen LogP contribution in [0.5, 0.6) is 0 Å². The van der Waals surface area contributed by atoms with Crippen LogP contribution in [-0.2, 0) is 4.74 Å². The highest BCUT2D eigenvalue weighted by Crippen LogP contribution is 2.16. The second-order valence-corrected chi connectivity index (χ2v) is 5.41. The van der Waals surface area contributed by atoms with Crippen LogP contribution in [-0.4, -0.2) is 60.3 Å². The second kappa shape index (κ2) is 7.43. The van der Waals surface area contributed by atoms with Gasteiger partial charge in [-0.05, 0) is 19.4 Å². The fraction of sp³-hybridized carbons (Fsp3) is 0.562. The molecule has 1 fully saturated rings. The summed E-state index contributed by atoms with van der Waals surface area (Å²) in [5.74, 6) is 0. The van der Waals surface area contributed by atoms with Crippen LogP contribution in [0.3, 0.4) is 0 Å². The molecule has 1 aromatic rings. The van der Waals surface area contributed by atoms with Crippen molar-refractivity contribution in [2.45, 2.75) is 20.0 Å². The number of rotatable bonds is 4. The number of piperazine rings is 1. The number of ether oxygens (including phenoxy) is 1. The average Bonchev–Trinajstić information content (AvgIpc) is 2.49. The van der Waals surface area contributed by atoms with Gasteiger partial charge in [0.2, 0.25) is 0 Å². The van der Waals surface area contributed by atoms with E-state index in [0.717, 1.165) is 18.7 Å². The molecule has 1 aliphatic heterocycles. The molecule has 1 aliphatic rings. The SMILES string of the molecule is CCOC(=O)N1CCN(CC(O)c2ccc(C)cc2)CC1. The van der Waals surface area contributed by atoms with Gasteiger partial charge in [-0.3, -0.25) is 4.90 Å². The zero-order valence-corrected chi connectivity index (χ0v) is 12.8. The summed E-state index contributed by atoms with van der Waals surface area (Å²) in [7, 11) is 0. The molecule has 0 aliphatic carbocycles. The Bertz CT molecular complexity index is 453. The van der Waals surface area contributed by atoms with Crippen molar-refractivity contribution >= 4 is 6.09 Å². The molecule has 116 valence electrons. The number of aryl methyl sites for hydroxylation is 1. The minimum absolute atomic E-state index is 0.240. The number of β-amino-alcohol motifs (C(OH)–C–C–N with tert-alkyl or cyclic N) is 1. The lowest BCUT2D eigenvalue weighted by Gasteiger charge is -2.35. The molecule has 2 rings (SSSR count). The summed E-state index contributed by atoms with van der Waals surface area (Å²) in [6.07, 6.45) is -0.726. The lowest BCUT2D eigenvalue weighted by Crippen LogP contribution is -2.49. The molecule has 1 aromatic carbocycles. The number of hydrogen-bond acceptors (Lipinski definition) is 4. The van der Waals surface area contributed by atoms with Gasteiger partial charge in [0.1, 0.15) is 0 Å². The molecule has 0 aromatic heterocycles. The van der Waals surface area contributed by atoms with E-state index in [1.807, 2.05) is 38.1 Å². The maximum absolute atomic E-state index is 11.6. The first kappa shape index (κ1) is 15.8. The summed E-state index contributed by atoms with van der Waals surface area (Å²) in [4.78, 5) is 15.5. The zero-order chi connectivity index (χ0) is 15.2. The Hall–Kier alpha value is -1.59. The Morgan fingerprint density at radius 1 is 1.24 bits per heavy atom. The molecule has 0 bridgehead atoms. The summed E-state index contributed by atoms with van der Waals surface area (Å²) >= 11 is 0. The number of carbonyl (C=O) groups excluding carboxylic acids is 1. The van der Waals surface area contributed by atoms with E-state index in [1.165, 1.54) is 5.56 Å². The highest BCUT2D eigenvalue weighted by molar-refractivity contribution is 5.67. The molecule has 1 amide bonds. The highest BCUT2D eigenvalue weighted by atomic mass is 16.6. The van der Waals surface area contributed by atoms with Crippen molar-refractivity contribution in [2.75, 3.05) is 39.3 Å². The molecule has 0 radical (unpaired) electrons. The first-order chi connectivity index (χ1) is 10.1. The van der Waals surface area contributed by atoms with Crippen LogP contribution in [0.4, 0.5) is 4.79 Å². The maximum Gasteiger partial charge on any atom is 0.409 e. The minimum Gasteiger partial charge on any atom is -0.450 e. The number of hydrogen-bond donors (Lipinski definition) is 1. The largest absolute Gasteiger partial charge is 0.450 e. The normalized spacial score (nSPS) is 17.6. The van der Waals surface area contributed by atoms with E-state index in [4.69, 9.17) is 4.74 Å². The molecule has 5 heteroatoms. The Morgan fingerprint density at radius 2 is 1.86 bits per heavy atom. The minimum atomic E-state index is -0.486. The van der Waals surface area contributed by atoms with Crippen molar-refractivity contribution in [3.05, 3.63) is 35.4 Å². The number of carbonyl (C=O) groups is 1. The molecule has 1 heterocycles. The fourth-order valence-electron chi connectivity index (χ4n) is 2.47. The van der Waals surface area contributed by atoms with Gasteiger partial charge in [0.15, 0.2) is 0 Å². The lowest BCUT2D eigenvalue weighted by molar-refractivity contribution is 0.0578. The number of benzene rings is 1. The summed E-state index contributed by atoms with van der Waals surface area (Å²) in [5.41, 5.74) is 2.13. The van der Waals surface area contributed by atoms with E-state index in [1.54, 1.807) is 4.90 Å². The standard InChI is InChI=1S/C16H24N2O3/c1-3-21-16(20)18-10-8-17(9-11-18)12-15(19)14-6-4-13(2)5-7-14/h4-7,15,19H,3,8-12H2,1-2H3. The molecular formula is C16H24N2O3. The van der Waals surface area contributed by atoms with E-state index in [9.17, 15) is 9.90 Å². The van der Waals surface area contributed by atoms with Crippen LogP contribution in [0.1, 0.15) is 24.2 Å². The van der Waals surface area contributed by atoms with E-state index in [-0.39, 0.29) is 6.09 Å². The summed E-state index contributed by atoms with van der Waals surface area (Å²) < 4.78 is 5.00. The Labute approximate surface area is 126 Å². The summed E-state index contributed by atoms with van der Waals surface area (Å²) in [5, 5.41) is 10.3. The first-order valence-corrected chi connectivity index (χ1v) is 7.49. The fourth-order valence-corrected chi connectivity index (χ4v) is 2.47. The van der Waals surface area contributed by atoms with Crippen molar-refractivity contribution < 1.29 is 14.6 Å². The monoisotopic (exact) mass is 292 g/mol. The predicted octanol–water partition coefficient (Wildman–Crippen LogP) is 1.80. The average molecular weight is 292 g/mol. The zero-order valence-electron chi connectivity index (χ0n) is 12.8. The van der Waals surface area contributed by atoms with Crippen LogP contribution in [0.25, 0.3) is 0 Å². The van der Waals surface area contributed by atoms with Crippen LogP contribution in [0.15, 0.2) is 24.3 Å². The van der Waals surface area contributed by atoms with Crippen molar-refractivity contribution in [1.82, 2.24) is 9.80 Å². The van der Waals surface area contributed by atoms with Crippen molar-refractivity contribution in [2.24, 2.45) is 0 Å². The van der Waals surface area contributed by atoms with Crippen LogP contribution in [0.2, 0.25) is 0 Å². The van der Waals surface area contributed by atoms with Crippen LogP contribution in [0, 0.1) is 6.92 Å². The Kier molecular flexibility index (Phi) is 5.59. The van der Waals surface area contributed by atoms with Crippen LogP contribution < -0.4 is 0 Å². The first-order valence-electron chi connectivity index (χ1n) is 7.49. The summed E-state index contributed by atoms with van der Waals surface area (Å²) in [6.45, 7) is 7.68. The van der Waals surface area contributed by atoms with Gasteiger partial charge in [-0.2, -0.15) is 0 Å². The molecule has 1 N–H and O–H groups in total. The lowest BCUT2D eigenvalue weighted by atomic mass is 10.1. The van der Waals surface area contributed by atoms with Gasteiger partial charge in [-0.25, -0.2) is 4.79 Å². The molecule has 1 saturated heterocycles. The van der Waals surface area contributed by atoms with Gasteiger partial charge in [0, 0.05) is 32.7 Å². The summed E-state index contributed by atoms with van der Waals surface area (Å²) in [6, 6.07) is 7.96. The van der Waals surface area contributed by atoms with Crippen LogP contribution >= 0.6 is 0 Å². The van der Waals surface area contributed by atoms with Crippen molar-refractivity contribution in [1.29, 1.82) is 0 Å². The maximum atomic E-state index is 11.6. The number of aliphatic hydroxyl groups is 1. The van der Waals surface area contributed by atoms with Gasteiger partial charge in [0.05, 0.1) is 12.7 Å². The topological polar surface area (TPSA) is 53.0 Å². The molecule has 1 unspecified atom stereocenters. The number of amides is 1. The van der Waals surface area contributed by atoms with Crippen molar-refractivity contribution in [3.63, 3.8) is 0 Å². The van der Waals surface area contributed by atoms with E-state index < -0.39 is 6.10 Å². The third kappa shape index (κ3) is 4.44. The molecule has 1 atom stereocenters. The van der Waals surface area contributed by atoms with E-state index in [0.29, 0.717) is 26.2 Å². The third-order valence-electron chi connectivity index (χ3n) is 3.79. The molecule has 0 spiro atoms. The predicted molar refractivity (Wildman–Crippen MR) is 81.2 cm³/mol. The van der Waals surface area contributed by atoms with Gasteiger partial charge >= 0.3 is 6.09 Å². The molecule has 0 saturated carbocycles. The van der Waals surface area contributed by atoms with Gasteiger partial charge in [-0.1, -0.05) is 29.8 Å². The third-order valence-corrected chi connectivity index (χ3v) is 3.79. The Balaban J connectivity index is 1.80. The van der Waals surface area contributed by atoms with E-state index in [2.05, 4.69) is 4.90 Å². The molecule has 21 heavy (non-hydrogen) atoms. The second-order valence-electron chi connectivity index (χ2n) is 5.41. The highest BCUT2D eigenvalue weighted by Gasteiger charge is 2.23. The van der Waals surface area contributed by atoms with Gasteiger partial charge in [-0.15, -0.1) is 0 Å². The van der Waals surface area contributed by atoms with Gasteiger partial charge < -0.3 is 14.7 Å². The van der Waals surface area contributed by atoms with E-state index >= 15 is 0 Å². The van der Waals surface area contributed by atoms with Crippen molar-refractivity contribution in [3.8, 4) is 0 Å².